The van der Waals surface area contributed by atoms with E-state index in [1.165, 1.54) is 6.08 Å². The van der Waals surface area contributed by atoms with E-state index in [1.54, 1.807) is 36.4 Å². The number of barbiturate groups is 1. The summed E-state index contributed by atoms with van der Waals surface area (Å²) in [6.45, 7) is 7.21. The second-order valence-electron chi connectivity index (χ2n) is 7.35. The molecule has 9 heteroatoms. The third-order valence-corrected chi connectivity index (χ3v) is 5.48. The van der Waals surface area contributed by atoms with E-state index in [0.717, 1.165) is 17.7 Å². The second kappa shape index (κ2) is 11.7. The highest BCUT2D eigenvalue weighted by Crippen LogP contribution is 2.38. The number of nitrogens with zero attached hydrogens (tertiary/aromatic N) is 1. The van der Waals surface area contributed by atoms with Crippen molar-refractivity contribution in [2.24, 2.45) is 0 Å². The number of halogens is 1. The Labute approximate surface area is 207 Å². The third kappa shape index (κ3) is 5.77. The van der Waals surface area contributed by atoms with Gasteiger partial charge in [-0.1, -0.05) is 13.3 Å². The summed E-state index contributed by atoms with van der Waals surface area (Å²) >= 11 is 3.46. The number of urea groups is 1. The van der Waals surface area contributed by atoms with Crippen molar-refractivity contribution in [2.45, 2.75) is 33.6 Å². The van der Waals surface area contributed by atoms with Crippen molar-refractivity contribution in [3.63, 3.8) is 0 Å². The molecule has 1 N–H and O–H groups in total. The number of hydrogen-bond acceptors (Lipinski definition) is 6. The Hall–Kier alpha value is -3.33. The fraction of sp³-hybridized carbons (Fsp3) is 0.320. The topological polar surface area (TPSA) is 94.2 Å². The van der Waals surface area contributed by atoms with E-state index in [9.17, 15) is 14.4 Å². The first kappa shape index (κ1) is 25.3. The van der Waals surface area contributed by atoms with Crippen LogP contribution in [0.1, 0.15) is 39.2 Å². The van der Waals surface area contributed by atoms with Gasteiger partial charge in [0.1, 0.15) is 11.3 Å². The SMILES string of the molecule is CCCCOc1ccc(N2C(=O)NC(=O)/C(=C/c3cc(Br)c(OCC)c(OCC)c3)C2=O)cc1. The van der Waals surface area contributed by atoms with E-state index >= 15 is 0 Å². The van der Waals surface area contributed by atoms with E-state index in [-0.39, 0.29) is 5.57 Å². The molecule has 1 fully saturated rings. The van der Waals surface area contributed by atoms with Crippen LogP contribution in [0.2, 0.25) is 0 Å². The first-order valence-corrected chi connectivity index (χ1v) is 11.9. The van der Waals surface area contributed by atoms with Crippen LogP contribution in [0.3, 0.4) is 0 Å². The molecular formula is C25H27BrN2O6. The maximum absolute atomic E-state index is 13.2. The van der Waals surface area contributed by atoms with Gasteiger partial charge >= 0.3 is 6.03 Å². The quantitative estimate of drug-likeness (QED) is 0.261. The van der Waals surface area contributed by atoms with Gasteiger partial charge < -0.3 is 14.2 Å². The molecule has 2 aromatic carbocycles. The lowest BCUT2D eigenvalue weighted by atomic mass is 10.1. The van der Waals surface area contributed by atoms with Crippen molar-refractivity contribution in [1.29, 1.82) is 0 Å². The molecule has 34 heavy (non-hydrogen) atoms. The van der Waals surface area contributed by atoms with Crippen LogP contribution < -0.4 is 24.4 Å². The first-order chi connectivity index (χ1) is 16.4. The number of rotatable bonds is 10. The van der Waals surface area contributed by atoms with Gasteiger partial charge in [-0.3, -0.25) is 14.9 Å². The maximum Gasteiger partial charge on any atom is 0.335 e. The Morgan fingerprint density at radius 3 is 2.32 bits per heavy atom. The number of hydrogen-bond donors (Lipinski definition) is 1. The number of unbranched alkanes of at least 4 members (excludes halogenated alkanes) is 1. The Morgan fingerprint density at radius 1 is 0.971 bits per heavy atom. The Morgan fingerprint density at radius 2 is 1.68 bits per heavy atom. The predicted molar refractivity (Wildman–Crippen MR) is 132 cm³/mol. The number of ether oxygens (including phenoxy) is 3. The Bertz CT molecular complexity index is 1100. The number of benzene rings is 2. The third-order valence-electron chi connectivity index (χ3n) is 4.89. The van der Waals surface area contributed by atoms with E-state index < -0.39 is 17.8 Å². The molecule has 2 aromatic rings. The first-order valence-electron chi connectivity index (χ1n) is 11.1. The van der Waals surface area contributed by atoms with Gasteiger partial charge in [-0.25, -0.2) is 9.69 Å². The normalized spacial score (nSPS) is 14.9. The van der Waals surface area contributed by atoms with Gasteiger partial charge in [0.2, 0.25) is 0 Å². The molecule has 1 heterocycles. The summed E-state index contributed by atoms with van der Waals surface area (Å²) in [7, 11) is 0. The number of nitrogens with one attached hydrogen (secondary N) is 1. The molecular weight excluding hydrogens is 504 g/mol. The summed E-state index contributed by atoms with van der Waals surface area (Å²) in [5.74, 6) is 0.145. The molecule has 1 aliphatic heterocycles. The van der Waals surface area contributed by atoms with E-state index in [0.29, 0.717) is 52.8 Å². The Kier molecular flexibility index (Phi) is 8.70. The molecule has 4 amide bonds. The molecule has 0 atom stereocenters. The van der Waals surface area contributed by atoms with Crippen LogP contribution in [-0.2, 0) is 9.59 Å². The fourth-order valence-electron chi connectivity index (χ4n) is 3.30. The van der Waals surface area contributed by atoms with Gasteiger partial charge in [0.25, 0.3) is 11.8 Å². The van der Waals surface area contributed by atoms with Crippen LogP contribution in [0.15, 0.2) is 46.4 Å². The van der Waals surface area contributed by atoms with Gasteiger partial charge in [0.05, 0.1) is 30.0 Å². The minimum absolute atomic E-state index is 0.179. The molecule has 3 rings (SSSR count). The average Bonchev–Trinajstić information content (AvgIpc) is 2.80. The summed E-state index contributed by atoms with van der Waals surface area (Å²) in [5.41, 5.74) is 0.680. The van der Waals surface area contributed by atoms with Crippen LogP contribution >= 0.6 is 15.9 Å². The lowest BCUT2D eigenvalue weighted by molar-refractivity contribution is -0.122. The molecule has 0 saturated carbocycles. The number of anilines is 1. The molecule has 0 spiro atoms. The van der Waals surface area contributed by atoms with Crippen molar-refractivity contribution >= 4 is 45.5 Å². The lowest BCUT2D eigenvalue weighted by Gasteiger charge is -2.26. The minimum atomic E-state index is -0.810. The molecule has 0 aliphatic carbocycles. The van der Waals surface area contributed by atoms with Crippen molar-refractivity contribution in [3.8, 4) is 17.2 Å². The fourth-order valence-corrected chi connectivity index (χ4v) is 3.88. The summed E-state index contributed by atoms with van der Waals surface area (Å²) in [5, 5.41) is 2.23. The number of carbonyl (C=O) groups excluding carboxylic acids is 3. The van der Waals surface area contributed by atoms with E-state index in [4.69, 9.17) is 14.2 Å². The number of imide groups is 2. The van der Waals surface area contributed by atoms with Crippen LogP contribution in [0.25, 0.3) is 6.08 Å². The summed E-state index contributed by atoms with van der Waals surface area (Å²) in [6.07, 6.45) is 3.36. The van der Waals surface area contributed by atoms with Crippen molar-refractivity contribution in [3.05, 3.63) is 52.0 Å². The highest BCUT2D eigenvalue weighted by atomic mass is 79.9. The highest BCUT2D eigenvalue weighted by Gasteiger charge is 2.36. The van der Waals surface area contributed by atoms with Crippen molar-refractivity contribution in [1.82, 2.24) is 5.32 Å². The summed E-state index contributed by atoms with van der Waals surface area (Å²) in [4.78, 5) is 39.1. The Balaban J connectivity index is 1.91. The zero-order chi connectivity index (χ0) is 24.7. The molecule has 0 unspecified atom stereocenters. The predicted octanol–water partition coefficient (Wildman–Crippen LogP) is 5.09. The van der Waals surface area contributed by atoms with Crippen LogP contribution in [0.5, 0.6) is 17.2 Å². The molecule has 0 bridgehead atoms. The van der Waals surface area contributed by atoms with Gasteiger partial charge in [-0.2, -0.15) is 0 Å². The van der Waals surface area contributed by atoms with E-state index in [2.05, 4.69) is 28.2 Å². The van der Waals surface area contributed by atoms with Crippen LogP contribution in [0, 0.1) is 0 Å². The monoisotopic (exact) mass is 530 g/mol. The van der Waals surface area contributed by atoms with Crippen molar-refractivity contribution in [2.75, 3.05) is 24.7 Å². The zero-order valence-electron chi connectivity index (χ0n) is 19.4. The lowest BCUT2D eigenvalue weighted by Crippen LogP contribution is -2.54. The van der Waals surface area contributed by atoms with Crippen molar-refractivity contribution < 1.29 is 28.6 Å². The largest absolute Gasteiger partial charge is 0.494 e. The molecule has 1 aliphatic rings. The standard InChI is InChI=1S/C25H27BrN2O6/c1-4-7-12-34-18-10-8-17(9-11-18)28-24(30)19(23(29)27-25(28)31)13-16-14-20(26)22(33-6-3)21(15-16)32-5-2/h8-11,13-15H,4-7,12H2,1-3H3,(H,27,29,31)/b19-13-. The summed E-state index contributed by atoms with van der Waals surface area (Å²) in [6, 6.07) is 9.15. The number of carbonyl (C=O) groups is 3. The van der Waals surface area contributed by atoms with Crippen LogP contribution in [-0.4, -0.2) is 37.7 Å². The van der Waals surface area contributed by atoms with Gasteiger partial charge in [0.15, 0.2) is 11.5 Å². The zero-order valence-corrected chi connectivity index (χ0v) is 20.9. The van der Waals surface area contributed by atoms with Gasteiger partial charge in [-0.15, -0.1) is 0 Å². The smallest absolute Gasteiger partial charge is 0.335 e. The summed E-state index contributed by atoms with van der Waals surface area (Å²) < 4.78 is 17.5. The highest BCUT2D eigenvalue weighted by molar-refractivity contribution is 9.10. The van der Waals surface area contributed by atoms with Crippen LogP contribution in [0.4, 0.5) is 10.5 Å². The van der Waals surface area contributed by atoms with Gasteiger partial charge in [0, 0.05) is 0 Å². The molecule has 1 saturated heterocycles. The molecule has 180 valence electrons. The minimum Gasteiger partial charge on any atom is -0.494 e. The van der Waals surface area contributed by atoms with E-state index in [1.807, 2.05) is 13.8 Å². The molecule has 0 radical (unpaired) electrons. The number of amides is 4. The maximum atomic E-state index is 13.2. The second-order valence-corrected chi connectivity index (χ2v) is 8.20. The molecule has 0 aromatic heterocycles. The van der Waals surface area contributed by atoms with Gasteiger partial charge in [-0.05, 0) is 84.2 Å². The molecule has 8 nitrogen and oxygen atoms in total. The average molecular weight is 531 g/mol.